The van der Waals surface area contributed by atoms with E-state index in [0.717, 1.165) is 18.8 Å². The molecule has 8 nitrogen and oxygen atoms in total. The molecule has 2 N–H and O–H groups in total. The first-order chi connectivity index (χ1) is 17.0. The van der Waals surface area contributed by atoms with E-state index in [9.17, 15) is 9.18 Å². The van der Waals surface area contributed by atoms with Crippen LogP contribution in [0.15, 0.2) is 48.8 Å². The largest absolute Gasteiger partial charge is 0.494 e. The second-order valence-corrected chi connectivity index (χ2v) is 8.47. The molecule has 4 rings (SSSR count). The number of hydrogen-bond donors (Lipinski definition) is 2. The molecule has 3 aromatic rings. The monoisotopic (exact) mass is 479 g/mol. The van der Waals surface area contributed by atoms with Crippen molar-refractivity contribution in [3.63, 3.8) is 0 Å². The molecular formula is C26H30FN5O3. The molecule has 184 valence electrons. The summed E-state index contributed by atoms with van der Waals surface area (Å²) in [6, 6.07) is 11.1. The zero-order valence-corrected chi connectivity index (χ0v) is 20.2. The van der Waals surface area contributed by atoms with Crippen molar-refractivity contribution in [1.82, 2.24) is 20.2 Å². The molecule has 0 atom stereocenters. The fraction of sp³-hybridized carbons (Fsp3) is 0.346. The van der Waals surface area contributed by atoms with Crippen molar-refractivity contribution in [2.45, 2.75) is 25.9 Å². The van der Waals surface area contributed by atoms with Gasteiger partial charge in [0.15, 0.2) is 17.3 Å². The van der Waals surface area contributed by atoms with Crippen LogP contribution in [0, 0.1) is 5.82 Å². The lowest BCUT2D eigenvalue weighted by atomic mass is 9.91. The van der Waals surface area contributed by atoms with Crippen LogP contribution in [-0.2, 0) is 6.61 Å². The number of rotatable bonds is 10. The lowest BCUT2D eigenvalue weighted by molar-refractivity contribution is 0.0962. The summed E-state index contributed by atoms with van der Waals surface area (Å²) in [6.07, 6.45) is 4.21. The zero-order chi connectivity index (χ0) is 24.8. The first-order valence-electron chi connectivity index (χ1n) is 11.6. The molecule has 1 saturated heterocycles. The number of benzene rings is 2. The van der Waals surface area contributed by atoms with Gasteiger partial charge < -0.3 is 25.0 Å². The number of amides is 1. The third kappa shape index (κ3) is 5.86. The van der Waals surface area contributed by atoms with E-state index in [2.05, 4.69) is 44.6 Å². The molecule has 0 saturated carbocycles. The summed E-state index contributed by atoms with van der Waals surface area (Å²) >= 11 is 0. The Morgan fingerprint density at radius 2 is 1.89 bits per heavy atom. The van der Waals surface area contributed by atoms with Crippen LogP contribution in [-0.4, -0.2) is 54.6 Å². The van der Waals surface area contributed by atoms with E-state index in [1.807, 2.05) is 12.1 Å². The summed E-state index contributed by atoms with van der Waals surface area (Å²) in [5, 5.41) is 5.69. The first kappa shape index (κ1) is 24.4. The highest BCUT2D eigenvalue weighted by atomic mass is 19.1. The lowest BCUT2D eigenvalue weighted by Crippen LogP contribution is -2.45. The topological polar surface area (TPSA) is 88.6 Å². The maximum atomic E-state index is 14.6. The third-order valence-corrected chi connectivity index (χ3v) is 5.98. The van der Waals surface area contributed by atoms with Crippen LogP contribution in [0.2, 0.25) is 0 Å². The molecule has 2 aromatic carbocycles. The highest BCUT2D eigenvalue weighted by Crippen LogP contribution is 2.28. The molecular weight excluding hydrogens is 449 g/mol. The quantitative estimate of drug-likeness (QED) is 0.452. The molecule has 0 aliphatic carbocycles. The molecule has 9 heteroatoms. The smallest absolute Gasteiger partial charge is 0.251 e. The summed E-state index contributed by atoms with van der Waals surface area (Å²) in [4.78, 5) is 23.0. The Bertz CT molecular complexity index is 1150. The number of likely N-dealkylation sites (tertiary alicyclic amines) is 1. The predicted octanol–water partition coefficient (Wildman–Crippen LogP) is 4.12. The second kappa shape index (κ2) is 11.1. The SMILES string of the molecule is CCCN1CC(c2ccc(Nc3ncc(OCc4cc(C(=O)NC)cc(OC)c4F)cn3)cc2)C1. The Hall–Kier alpha value is -3.72. The van der Waals surface area contributed by atoms with Crippen molar-refractivity contribution < 1.29 is 18.7 Å². The van der Waals surface area contributed by atoms with Crippen molar-refractivity contribution >= 4 is 17.5 Å². The Balaban J connectivity index is 1.34. The van der Waals surface area contributed by atoms with Crippen LogP contribution in [0.1, 0.15) is 40.7 Å². The Kier molecular flexibility index (Phi) is 7.77. The Morgan fingerprint density at radius 3 is 2.51 bits per heavy atom. The average molecular weight is 480 g/mol. The average Bonchev–Trinajstić information content (AvgIpc) is 2.86. The predicted molar refractivity (Wildman–Crippen MR) is 132 cm³/mol. The van der Waals surface area contributed by atoms with E-state index in [-0.39, 0.29) is 29.4 Å². The number of nitrogens with zero attached hydrogens (tertiary/aromatic N) is 3. The van der Waals surface area contributed by atoms with Gasteiger partial charge in [-0.2, -0.15) is 0 Å². The normalized spacial score (nSPS) is 13.7. The number of hydrogen-bond acceptors (Lipinski definition) is 7. The minimum Gasteiger partial charge on any atom is -0.494 e. The summed E-state index contributed by atoms with van der Waals surface area (Å²) in [7, 11) is 2.85. The van der Waals surface area contributed by atoms with Crippen LogP contribution >= 0.6 is 0 Å². The molecule has 0 unspecified atom stereocenters. The molecule has 0 radical (unpaired) electrons. The van der Waals surface area contributed by atoms with E-state index in [1.54, 1.807) is 0 Å². The van der Waals surface area contributed by atoms with Crippen LogP contribution in [0.4, 0.5) is 16.0 Å². The number of aromatic nitrogens is 2. The second-order valence-electron chi connectivity index (χ2n) is 8.47. The molecule has 1 aliphatic rings. The van der Waals surface area contributed by atoms with Gasteiger partial charge in [0.05, 0.1) is 19.5 Å². The van der Waals surface area contributed by atoms with Crippen molar-refractivity contribution in [2.75, 3.05) is 39.1 Å². The van der Waals surface area contributed by atoms with Gasteiger partial charge >= 0.3 is 0 Å². The van der Waals surface area contributed by atoms with Gasteiger partial charge in [-0.15, -0.1) is 0 Å². The van der Waals surface area contributed by atoms with Crippen molar-refractivity contribution in [3.8, 4) is 11.5 Å². The number of halogens is 1. The summed E-state index contributed by atoms with van der Waals surface area (Å²) in [5.74, 6) is 0.450. The molecule has 1 amide bonds. The molecule has 2 heterocycles. The Labute approximate surface area is 204 Å². The lowest BCUT2D eigenvalue weighted by Gasteiger charge is -2.39. The molecule has 1 fully saturated rings. The van der Waals surface area contributed by atoms with Gasteiger partial charge in [0.1, 0.15) is 6.61 Å². The van der Waals surface area contributed by atoms with Gasteiger partial charge in [-0.3, -0.25) is 4.79 Å². The molecule has 0 spiro atoms. The highest BCUT2D eigenvalue weighted by Gasteiger charge is 2.26. The van der Waals surface area contributed by atoms with Crippen LogP contribution < -0.4 is 20.1 Å². The van der Waals surface area contributed by atoms with Crippen LogP contribution in [0.5, 0.6) is 11.5 Å². The maximum Gasteiger partial charge on any atom is 0.251 e. The van der Waals surface area contributed by atoms with E-state index in [0.29, 0.717) is 17.6 Å². The Morgan fingerprint density at radius 1 is 1.17 bits per heavy atom. The van der Waals surface area contributed by atoms with E-state index in [4.69, 9.17) is 9.47 Å². The number of nitrogens with one attached hydrogen (secondary N) is 2. The molecule has 1 aliphatic heterocycles. The molecule has 1 aromatic heterocycles. The molecule has 35 heavy (non-hydrogen) atoms. The third-order valence-electron chi connectivity index (χ3n) is 5.98. The van der Waals surface area contributed by atoms with E-state index < -0.39 is 5.82 Å². The van der Waals surface area contributed by atoms with E-state index >= 15 is 0 Å². The van der Waals surface area contributed by atoms with Gasteiger partial charge in [0.2, 0.25) is 5.95 Å². The number of methoxy groups -OCH3 is 1. The standard InChI is InChI=1S/C26H30FN5O3/c1-4-9-32-14-20(15-32)17-5-7-21(8-6-17)31-26-29-12-22(13-30-26)35-16-19-10-18(25(33)28-2)11-23(34-3)24(19)27/h5-8,10-13,20H,4,9,14-16H2,1-3H3,(H,28,33)(H,29,30,31). The zero-order valence-electron chi connectivity index (χ0n) is 20.2. The van der Waals surface area contributed by atoms with Crippen LogP contribution in [0.25, 0.3) is 0 Å². The minimum atomic E-state index is -0.581. The van der Waals surface area contributed by atoms with Crippen molar-refractivity contribution in [1.29, 1.82) is 0 Å². The fourth-order valence-electron chi connectivity index (χ4n) is 4.05. The van der Waals surface area contributed by atoms with E-state index in [1.165, 1.54) is 57.2 Å². The number of carbonyl (C=O) groups is 1. The van der Waals surface area contributed by atoms with Crippen molar-refractivity contribution in [3.05, 3.63) is 71.3 Å². The number of anilines is 2. The van der Waals surface area contributed by atoms with Gasteiger partial charge in [0, 0.05) is 42.9 Å². The fourth-order valence-corrected chi connectivity index (χ4v) is 4.05. The summed E-state index contributed by atoms with van der Waals surface area (Å²) < 4.78 is 25.3. The van der Waals surface area contributed by atoms with Gasteiger partial charge in [-0.1, -0.05) is 19.1 Å². The highest BCUT2D eigenvalue weighted by molar-refractivity contribution is 5.94. The first-order valence-corrected chi connectivity index (χ1v) is 11.6. The minimum absolute atomic E-state index is 0.0258. The van der Waals surface area contributed by atoms with Gasteiger partial charge in [0.25, 0.3) is 5.91 Å². The summed E-state index contributed by atoms with van der Waals surface area (Å²) in [5.41, 5.74) is 2.71. The molecule has 0 bridgehead atoms. The van der Waals surface area contributed by atoms with Gasteiger partial charge in [-0.05, 0) is 42.8 Å². The van der Waals surface area contributed by atoms with Crippen LogP contribution in [0.3, 0.4) is 0 Å². The number of ether oxygens (including phenoxy) is 2. The maximum absolute atomic E-state index is 14.6. The van der Waals surface area contributed by atoms with Crippen molar-refractivity contribution in [2.24, 2.45) is 0 Å². The van der Waals surface area contributed by atoms with Gasteiger partial charge in [-0.25, -0.2) is 14.4 Å². The summed E-state index contributed by atoms with van der Waals surface area (Å²) in [6.45, 7) is 5.51. The number of carbonyl (C=O) groups excluding carboxylic acids is 1.